The summed E-state index contributed by atoms with van der Waals surface area (Å²) in [5, 5.41) is 3.44. The van der Waals surface area contributed by atoms with Gasteiger partial charge in [-0.1, -0.05) is 0 Å². The van der Waals surface area contributed by atoms with Gasteiger partial charge >= 0.3 is 0 Å². The van der Waals surface area contributed by atoms with Gasteiger partial charge in [-0.3, -0.25) is 4.79 Å². The van der Waals surface area contributed by atoms with E-state index >= 15 is 0 Å². The first kappa shape index (κ1) is 9.90. The number of hydrogen-bond acceptors (Lipinski definition) is 2. The maximum atomic E-state index is 11.7. The molecule has 0 spiro atoms. The Morgan fingerprint density at radius 2 is 2.38 bits per heavy atom. The summed E-state index contributed by atoms with van der Waals surface area (Å²) in [7, 11) is 0. The van der Waals surface area contributed by atoms with E-state index < -0.39 is 0 Å². The van der Waals surface area contributed by atoms with Crippen molar-refractivity contribution in [2.45, 2.75) is 37.9 Å². The average molecular weight is 219 g/mol. The van der Waals surface area contributed by atoms with Crippen molar-refractivity contribution in [1.82, 2.24) is 15.2 Å². The number of carbonyl (C=O) groups is 1. The molecule has 3 rings (SSSR count). The number of rotatable bonds is 4. The molecule has 4 nitrogen and oxygen atoms in total. The van der Waals surface area contributed by atoms with Gasteiger partial charge in [0.05, 0.1) is 0 Å². The second kappa shape index (κ2) is 3.94. The zero-order valence-corrected chi connectivity index (χ0v) is 9.28. The lowest BCUT2D eigenvalue weighted by atomic mass is 10.2. The highest BCUT2D eigenvalue weighted by molar-refractivity contribution is 5.80. The number of hydrogen-bond donors (Lipinski definition) is 2. The van der Waals surface area contributed by atoms with Gasteiger partial charge in [0.25, 0.3) is 0 Å². The number of carbonyl (C=O) groups excluding carboxylic acids is 1. The molecule has 1 atom stereocenters. The maximum absolute atomic E-state index is 11.7. The molecule has 1 saturated carbocycles. The second-order valence-electron chi connectivity index (χ2n) is 4.78. The highest BCUT2D eigenvalue weighted by Crippen LogP contribution is 2.30. The van der Waals surface area contributed by atoms with Crippen LogP contribution >= 0.6 is 0 Å². The predicted molar refractivity (Wildman–Crippen MR) is 60.8 cm³/mol. The van der Waals surface area contributed by atoms with Gasteiger partial charge in [-0.2, -0.15) is 0 Å². The lowest BCUT2D eigenvalue weighted by Gasteiger charge is -2.15. The summed E-state index contributed by atoms with van der Waals surface area (Å²) < 4.78 is 0. The summed E-state index contributed by atoms with van der Waals surface area (Å²) in [5.74, 6) is 0.328. The van der Waals surface area contributed by atoms with Crippen LogP contribution in [0.3, 0.4) is 0 Å². The van der Waals surface area contributed by atoms with Gasteiger partial charge in [0.2, 0.25) is 5.91 Å². The van der Waals surface area contributed by atoms with Crippen LogP contribution in [0.15, 0.2) is 18.5 Å². The van der Waals surface area contributed by atoms with Gasteiger partial charge in [-0.05, 0) is 24.5 Å². The number of nitrogens with zero attached hydrogens (tertiary/aromatic N) is 1. The van der Waals surface area contributed by atoms with E-state index in [0.717, 1.165) is 13.1 Å². The van der Waals surface area contributed by atoms with E-state index in [-0.39, 0.29) is 0 Å². The summed E-state index contributed by atoms with van der Waals surface area (Å²) in [5.41, 5.74) is 1.25. The Labute approximate surface area is 95.0 Å². The molecule has 0 aromatic carbocycles. The van der Waals surface area contributed by atoms with Crippen LogP contribution in [-0.2, 0) is 11.3 Å². The van der Waals surface area contributed by atoms with Gasteiger partial charge in [0.1, 0.15) is 0 Å². The zero-order valence-electron chi connectivity index (χ0n) is 9.28. The molecule has 16 heavy (non-hydrogen) atoms. The molecular formula is C12H17N3O. The van der Waals surface area contributed by atoms with Crippen molar-refractivity contribution in [2.75, 3.05) is 6.54 Å². The van der Waals surface area contributed by atoms with Crippen LogP contribution in [0.1, 0.15) is 24.8 Å². The van der Waals surface area contributed by atoms with Gasteiger partial charge in [0, 0.05) is 44.0 Å². The largest absolute Gasteiger partial charge is 0.367 e. The molecule has 1 aliphatic carbocycles. The van der Waals surface area contributed by atoms with E-state index in [9.17, 15) is 4.79 Å². The molecular weight excluding hydrogens is 202 g/mol. The van der Waals surface area contributed by atoms with E-state index in [1.54, 1.807) is 0 Å². The molecule has 2 fully saturated rings. The molecule has 2 N–H and O–H groups in total. The van der Waals surface area contributed by atoms with Crippen molar-refractivity contribution in [3.63, 3.8) is 0 Å². The number of aromatic nitrogens is 1. The van der Waals surface area contributed by atoms with Crippen molar-refractivity contribution >= 4 is 5.91 Å². The molecule has 2 aliphatic rings. The lowest BCUT2D eigenvalue weighted by molar-refractivity contribution is -0.128. The number of H-pyrrole nitrogens is 1. The number of nitrogens with one attached hydrogen (secondary N) is 2. The van der Waals surface area contributed by atoms with Crippen molar-refractivity contribution in [2.24, 2.45) is 0 Å². The van der Waals surface area contributed by atoms with Crippen molar-refractivity contribution in [3.05, 3.63) is 24.0 Å². The topological polar surface area (TPSA) is 48.1 Å². The Kier molecular flexibility index (Phi) is 2.44. The van der Waals surface area contributed by atoms with Crippen LogP contribution in [0.4, 0.5) is 0 Å². The van der Waals surface area contributed by atoms with E-state index in [2.05, 4.69) is 21.3 Å². The first-order valence-corrected chi connectivity index (χ1v) is 5.97. The molecule has 2 heterocycles. The van der Waals surface area contributed by atoms with Crippen LogP contribution in [0.5, 0.6) is 0 Å². The molecule has 1 aromatic heterocycles. The molecule has 0 radical (unpaired) electrons. The summed E-state index contributed by atoms with van der Waals surface area (Å²) in [4.78, 5) is 16.8. The van der Waals surface area contributed by atoms with Crippen LogP contribution in [0, 0.1) is 0 Å². The normalized spacial score (nSPS) is 25.4. The molecule has 86 valence electrons. The highest BCUT2D eigenvalue weighted by Gasteiger charge is 2.38. The fourth-order valence-corrected chi connectivity index (χ4v) is 2.34. The number of aromatic amines is 1. The Bertz CT molecular complexity index is 370. The summed E-state index contributed by atoms with van der Waals surface area (Å²) in [6.45, 7) is 1.74. The Morgan fingerprint density at radius 1 is 1.50 bits per heavy atom. The highest BCUT2D eigenvalue weighted by atomic mass is 16.2. The predicted octanol–water partition coefficient (Wildman–Crippen LogP) is 0.868. The zero-order chi connectivity index (χ0) is 11.0. The van der Waals surface area contributed by atoms with Crippen LogP contribution in [0.25, 0.3) is 0 Å². The smallest absolute Gasteiger partial charge is 0.224 e. The molecule has 1 aliphatic heterocycles. The minimum Gasteiger partial charge on any atom is -0.367 e. The Hall–Kier alpha value is -1.29. The first-order chi connectivity index (χ1) is 7.83. The van der Waals surface area contributed by atoms with Crippen molar-refractivity contribution < 1.29 is 4.79 Å². The standard InChI is InChI=1S/C12H17N3O/c16-12-5-10(8-15(12)11-1-2-11)14-7-9-3-4-13-6-9/h3-4,6,10-11,13-14H,1-2,5,7-8H2. The van der Waals surface area contributed by atoms with Gasteiger partial charge in [-0.15, -0.1) is 0 Å². The van der Waals surface area contributed by atoms with E-state index in [1.165, 1.54) is 18.4 Å². The monoisotopic (exact) mass is 219 g/mol. The Balaban J connectivity index is 1.51. The SMILES string of the molecule is O=C1CC(NCc2cc[nH]c2)CN1C1CC1. The van der Waals surface area contributed by atoms with Crippen molar-refractivity contribution in [1.29, 1.82) is 0 Å². The summed E-state index contributed by atoms with van der Waals surface area (Å²) in [6.07, 6.45) is 6.99. The second-order valence-corrected chi connectivity index (χ2v) is 4.78. The molecule has 1 aromatic rings. The number of likely N-dealkylation sites (tertiary alicyclic amines) is 1. The van der Waals surface area contributed by atoms with Crippen LogP contribution < -0.4 is 5.32 Å². The third-order valence-electron chi connectivity index (χ3n) is 3.40. The summed E-state index contributed by atoms with van der Waals surface area (Å²) in [6, 6.07) is 2.96. The van der Waals surface area contributed by atoms with Gasteiger partial charge in [0.15, 0.2) is 0 Å². The quantitative estimate of drug-likeness (QED) is 0.789. The van der Waals surface area contributed by atoms with Crippen LogP contribution in [-0.4, -0.2) is 34.4 Å². The fourth-order valence-electron chi connectivity index (χ4n) is 2.34. The van der Waals surface area contributed by atoms with E-state index in [0.29, 0.717) is 24.4 Å². The minimum absolute atomic E-state index is 0.328. The lowest BCUT2D eigenvalue weighted by Crippen LogP contribution is -2.33. The fraction of sp³-hybridized carbons (Fsp3) is 0.583. The van der Waals surface area contributed by atoms with E-state index in [4.69, 9.17) is 0 Å². The third-order valence-corrected chi connectivity index (χ3v) is 3.40. The van der Waals surface area contributed by atoms with E-state index in [1.807, 2.05) is 12.4 Å². The van der Waals surface area contributed by atoms with Crippen molar-refractivity contribution in [3.8, 4) is 0 Å². The molecule has 0 bridgehead atoms. The van der Waals surface area contributed by atoms with Gasteiger partial charge < -0.3 is 15.2 Å². The average Bonchev–Trinajstić information content (AvgIpc) is 2.85. The first-order valence-electron chi connectivity index (χ1n) is 5.97. The third kappa shape index (κ3) is 1.97. The molecule has 4 heteroatoms. The van der Waals surface area contributed by atoms with Gasteiger partial charge in [-0.25, -0.2) is 0 Å². The molecule has 1 unspecified atom stereocenters. The molecule has 1 saturated heterocycles. The summed E-state index contributed by atoms with van der Waals surface area (Å²) >= 11 is 0. The number of amides is 1. The Morgan fingerprint density at radius 3 is 3.06 bits per heavy atom. The maximum Gasteiger partial charge on any atom is 0.224 e. The minimum atomic E-state index is 0.328. The molecule has 1 amide bonds. The van der Waals surface area contributed by atoms with Crippen LogP contribution in [0.2, 0.25) is 0 Å².